The van der Waals surface area contributed by atoms with Crippen LogP contribution in [0.3, 0.4) is 0 Å². The highest BCUT2D eigenvalue weighted by atomic mass is 32.2. The van der Waals surface area contributed by atoms with Gasteiger partial charge in [-0.15, -0.1) is 10.2 Å². The molecule has 0 atom stereocenters. The highest BCUT2D eigenvalue weighted by Gasteiger charge is 2.23. The van der Waals surface area contributed by atoms with Gasteiger partial charge >= 0.3 is 6.03 Å². The van der Waals surface area contributed by atoms with Gasteiger partial charge in [0.05, 0.1) is 4.90 Å². The quantitative estimate of drug-likeness (QED) is 0.539. The van der Waals surface area contributed by atoms with Gasteiger partial charge < -0.3 is 5.32 Å². The van der Waals surface area contributed by atoms with E-state index in [9.17, 15) is 18.0 Å². The monoisotopic (exact) mass is 468 g/mol. The number of hydrogen-bond acceptors (Lipinski definition) is 7. The topological polar surface area (TPSA) is 126 Å². The van der Waals surface area contributed by atoms with Crippen molar-refractivity contribution in [2.75, 3.05) is 18.8 Å². The first-order valence-corrected chi connectivity index (χ1v) is 12.9. The Morgan fingerprint density at radius 3 is 2.58 bits per heavy atom. The van der Waals surface area contributed by atoms with Gasteiger partial charge in [-0.3, -0.25) is 14.5 Å². The molecule has 1 fully saturated rings. The third kappa shape index (κ3) is 5.74. The number of fused-ring (bicyclic) bond motifs is 1. The maximum Gasteiger partial charge on any atom is 0.321 e. The summed E-state index contributed by atoms with van der Waals surface area (Å²) < 4.78 is 28.5. The van der Waals surface area contributed by atoms with E-state index in [4.69, 9.17) is 0 Å². The van der Waals surface area contributed by atoms with Crippen molar-refractivity contribution in [3.63, 3.8) is 0 Å². The van der Waals surface area contributed by atoms with Crippen LogP contribution >= 0.6 is 11.8 Å². The van der Waals surface area contributed by atoms with Crippen molar-refractivity contribution < 1.29 is 18.0 Å². The molecular weight excluding hydrogens is 440 g/mol. The summed E-state index contributed by atoms with van der Waals surface area (Å²) in [7, 11) is -3.61. The second-order valence-corrected chi connectivity index (χ2v) is 10.3. The number of pyridine rings is 1. The van der Waals surface area contributed by atoms with Gasteiger partial charge in [0.1, 0.15) is 0 Å². The number of amides is 3. The summed E-state index contributed by atoms with van der Waals surface area (Å²) in [4.78, 5) is 24.1. The molecule has 1 aliphatic rings. The summed E-state index contributed by atoms with van der Waals surface area (Å²) in [5.41, 5.74) is 0.515. The maximum atomic E-state index is 12.8. The molecule has 10 nitrogen and oxygen atoms in total. The number of urea groups is 1. The lowest BCUT2D eigenvalue weighted by Gasteiger charge is -2.18. The molecule has 12 heteroatoms. The lowest BCUT2D eigenvalue weighted by Crippen LogP contribution is -2.43. The SMILES string of the molecule is CCN(CC)S(=O)(=O)c1ccc2nnc(SCCC(=O)NC(=O)NC3CCCC3)n2c1. The van der Waals surface area contributed by atoms with Crippen molar-refractivity contribution in [2.45, 2.75) is 62.0 Å². The predicted molar refractivity (Wildman–Crippen MR) is 117 cm³/mol. The Balaban J connectivity index is 1.59. The van der Waals surface area contributed by atoms with E-state index >= 15 is 0 Å². The second-order valence-electron chi connectivity index (χ2n) is 7.27. The van der Waals surface area contributed by atoms with Gasteiger partial charge in [0.2, 0.25) is 15.9 Å². The summed E-state index contributed by atoms with van der Waals surface area (Å²) in [6, 6.07) is 2.81. The Kier molecular flexibility index (Phi) is 7.89. The number of carbonyl (C=O) groups excluding carboxylic acids is 2. The minimum Gasteiger partial charge on any atom is -0.335 e. The van der Waals surface area contributed by atoms with E-state index in [1.165, 1.54) is 28.3 Å². The number of imide groups is 1. The number of thioether (sulfide) groups is 1. The van der Waals surface area contributed by atoms with Crippen molar-refractivity contribution in [3.8, 4) is 0 Å². The molecule has 1 aliphatic carbocycles. The van der Waals surface area contributed by atoms with E-state index in [1.807, 2.05) is 0 Å². The zero-order chi connectivity index (χ0) is 22.4. The lowest BCUT2D eigenvalue weighted by atomic mass is 10.2. The van der Waals surface area contributed by atoms with Gasteiger partial charge in [-0.25, -0.2) is 13.2 Å². The minimum atomic E-state index is -3.61. The van der Waals surface area contributed by atoms with E-state index in [1.54, 1.807) is 24.3 Å². The smallest absolute Gasteiger partial charge is 0.321 e. The number of rotatable bonds is 9. The zero-order valence-electron chi connectivity index (χ0n) is 17.7. The highest BCUT2D eigenvalue weighted by molar-refractivity contribution is 7.99. The fourth-order valence-electron chi connectivity index (χ4n) is 3.53. The van der Waals surface area contributed by atoms with Gasteiger partial charge in [0.25, 0.3) is 0 Å². The van der Waals surface area contributed by atoms with E-state index in [0.717, 1.165) is 25.7 Å². The van der Waals surface area contributed by atoms with Gasteiger partial charge in [-0.1, -0.05) is 38.5 Å². The van der Waals surface area contributed by atoms with Crippen LogP contribution in [0, 0.1) is 0 Å². The Bertz CT molecular complexity index is 1030. The Morgan fingerprint density at radius 1 is 1.19 bits per heavy atom. The van der Waals surface area contributed by atoms with Gasteiger partial charge in [-0.05, 0) is 25.0 Å². The van der Waals surface area contributed by atoms with E-state index in [-0.39, 0.29) is 23.3 Å². The van der Waals surface area contributed by atoms with Crippen molar-refractivity contribution in [2.24, 2.45) is 0 Å². The molecular formula is C19H28N6O4S2. The molecule has 2 aromatic rings. The highest BCUT2D eigenvalue weighted by Crippen LogP contribution is 2.22. The first kappa shape index (κ1) is 23.5. The third-order valence-corrected chi connectivity index (χ3v) is 8.17. The number of carbonyl (C=O) groups is 2. The fourth-order valence-corrected chi connectivity index (χ4v) is 5.84. The Morgan fingerprint density at radius 2 is 1.90 bits per heavy atom. The van der Waals surface area contributed by atoms with Crippen molar-refractivity contribution in [3.05, 3.63) is 18.3 Å². The van der Waals surface area contributed by atoms with Crippen LogP contribution in [0.15, 0.2) is 28.4 Å². The molecule has 170 valence electrons. The average Bonchev–Trinajstić information content (AvgIpc) is 3.38. The van der Waals surface area contributed by atoms with Crippen LogP contribution in [-0.2, 0) is 14.8 Å². The van der Waals surface area contributed by atoms with Crippen molar-refractivity contribution in [1.29, 1.82) is 0 Å². The zero-order valence-corrected chi connectivity index (χ0v) is 19.3. The van der Waals surface area contributed by atoms with E-state index < -0.39 is 16.1 Å². The van der Waals surface area contributed by atoms with Crippen LogP contribution in [0.25, 0.3) is 5.65 Å². The first-order valence-electron chi connectivity index (χ1n) is 10.4. The molecule has 1 saturated carbocycles. The minimum absolute atomic E-state index is 0.120. The normalized spacial score (nSPS) is 14.9. The molecule has 2 heterocycles. The molecule has 0 aromatic carbocycles. The average molecular weight is 469 g/mol. The Labute approximate surface area is 186 Å². The first-order chi connectivity index (χ1) is 14.8. The van der Waals surface area contributed by atoms with Gasteiger partial charge in [-0.2, -0.15) is 4.31 Å². The third-order valence-electron chi connectivity index (χ3n) is 5.19. The fraction of sp³-hybridized carbons (Fsp3) is 0.579. The Hall–Kier alpha value is -2.18. The molecule has 0 saturated heterocycles. The standard InChI is InChI=1S/C19H28N6O4S2/c1-3-24(4-2)31(28,29)15-9-10-16-22-23-19(25(16)13-15)30-12-11-17(26)21-18(27)20-14-7-5-6-8-14/h9-10,13-14H,3-8,11-12H2,1-2H3,(H2,20,21,26,27). The van der Waals surface area contributed by atoms with Crippen LogP contribution in [-0.4, -0.2) is 64.1 Å². The van der Waals surface area contributed by atoms with Gasteiger partial charge in [0, 0.05) is 37.5 Å². The van der Waals surface area contributed by atoms with Crippen LogP contribution in [0.5, 0.6) is 0 Å². The molecule has 0 bridgehead atoms. The number of nitrogens with zero attached hydrogens (tertiary/aromatic N) is 4. The summed E-state index contributed by atoms with van der Waals surface area (Å²) >= 11 is 1.27. The maximum absolute atomic E-state index is 12.8. The molecule has 0 spiro atoms. The number of nitrogens with one attached hydrogen (secondary N) is 2. The molecule has 31 heavy (non-hydrogen) atoms. The molecule has 0 unspecified atom stereocenters. The predicted octanol–water partition coefficient (Wildman–Crippen LogP) is 2.01. The molecule has 3 amide bonds. The molecule has 2 N–H and O–H groups in total. The number of hydrogen-bond donors (Lipinski definition) is 2. The van der Waals surface area contributed by atoms with Crippen LogP contribution in [0.1, 0.15) is 46.0 Å². The van der Waals surface area contributed by atoms with Crippen LogP contribution < -0.4 is 10.6 Å². The lowest BCUT2D eigenvalue weighted by molar-refractivity contribution is -0.119. The number of aromatic nitrogens is 3. The van der Waals surface area contributed by atoms with Crippen molar-refractivity contribution in [1.82, 2.24) is 29.5 Å². The molecule has 2 aromatic heterocycles. The molecule has 0 radical (unpaired) electrons. The summed E-state index contributed by atoms with van der Waals surface area (Å²) in [5.74, 6) is -0.00212. The van der Waals surface area contributed by atoms with Crippen molar-refractivity contribution >= 4 is 39.4 Å². The largest absolute Gasteiger partial charge is 0.335 e. The summed E-state index contributed by atoms with van der Waals surface area (Å²) in [6.07, 6.45) is 5.71. The summed E-state index contributed by atoms with van der Waals surface area (Å²) in [5, 5.41) is 13.8. The van der Waals surface area contributed by atoms with Crippen LogP contribution in [0.4, 0.5) is 4.79 Å². The van der Waals surface area contributed by atoms with E-state index in [0.29, 0.717) is 29.6 Å². The van der Waals surface area contributed by atoms with Crippen LogP contribution in [0.2, 0.25) is 0 Å². The molecule has 3 rings (SSSR count). The number of sulfonamides is 1. The second kappa shape index (κ2) is 10.4. The van der Waals surface area contributed by atoms with Gasteiger partial charge in [0.15, 0.2) is 10.8 Å². The summed E-state index contributed by atoms with van der Waals surface area (Å²) in [6.45, 7) is 4.34. The van der Waals surface area contributed by atoms with E-state index in [2.05, 4.69) is 20.8 Å². The molecule has 0 aliphatic heterocycles.